The summed E-state index contributed by atoms with van der Waals surface area (Å²) in [6.45, 7) is 0. The molecule has 0 fully saturated rings. The molecule has 2 aromatic carbocycles. The van der Waals surface area contributed by atoms with Gasteiger partial charge in [0, 0.05) is 16.7 Å². The van der Waals surface area contributed by atoms with Gasteiger partial charge in [0.05, 0.1) is 16.6 Å². The molecule has 2 aromatic rings. The van der Waals surface area contributed by atoms with Crippen molar-refractivity contribution in [3.8, 4) is 0 Å². The van der Waals surface area contributed by atoms with Crippen LogP contribution in [0.2, 0.25) is 5.02 Å². The normalized spacial score (nSPS) is 10.5. The molecule has 0 aromatic heterocycles. The van der Waals surface area contributed by atoms with E-state index in [1.54, 1.807) is 0 Å². The van der Waals surface area contributed by atoms with Crippen molar-refractivity contribution in [3.05, 3.63) is 62.8 Å². The van der Waals surface area contributed by atoms with E-state index in [1.165, 1.54) is 12.1 Å². The Balaban J connectivity index is 2.18. The number of hydrogen-bond donors (Lipinski definition) is 1. The van der Waals surface area contributed by atoms with Crippen LogP contribution in [0.1, 0.15) is 5.56 Å². The van der Waals surface area contributed by atoms with Gasteiger partial charge in [0.2, 0.25) is 5.91 Å². The molecule has 0 aliphatic carbocycles. The summed E-state index contributed by atoms with van der Waals surface area (Å²) in [6, 6.07) is 5.73. The predicted molar refractivity (Wildman–Crippen MR) is 77.8 cm³/mol. The van der Waals surface area contributed by atoms with E-state index in [0.29, 0.717) is 0 Å². The molecule has 110 valence electrons. The van der Waals surface area contributed by atoms with Crippen molar-refractivity contribution in [2.45, 2.75) is 6.42 Å². The Hall–Kier alpha value is -1.53. The number of hydrogen-bond acceptors (Lipinski definition) is 1. The van der Waals surface area contributed by atoms with Crippen molar-refractivity contribution < 1.29 is 18.0 Å². The molecule has 1 N–H and O–H groups in total. The van der Waals surface area contributed by atoms with Gasteiger partial charge in [0.15, 0.2) is 0 Å². The summed E-state index contributed by atoms with van der Waals surface area (Å²) < 4.78 is 40.4. The van der Waals surface area contributed by atoms with Crippen molar-refractivity contribution in [1.82, 2.24) is 0 Å². The Bertz CT molecular complexity index is 689. The van der Waals surface area contributed by atoms with Crippen molar-refractivity contribution >= 4 is 39.1 Å². The van der Waals surface area contributed by atoms with Gasteiger partial charge >= 0.3 is 0 Å². The summed E-state index contributed by atoms with van der Waals surface area (Å²) in [7, 11) is 0. The number of carbonyl (C=O) groups is 1. The topological polar surface area (TPSA) is 29.1 Å². The van der Waals surface area contributed by atoms with E-state index >= 15 is 0 Å². The second-order valence-electron chi connectivity index (χ2n) is 4.17. The first kappa shape index (κ1) is 15.9. The highest BCUT2D eigenvalue weighted by atomic mass is 79.9. The lowest BCUT2D eigenvalue weighted by Gasteiger charge is -2.09. The van der Waals surface area contributed by atoms with E-state index in [2.05, 4.69) is 21.2 Å². The highest BCUT2D eigenvalue weighted by Gasteiger charge is 2.15. The summed E-state index contributed by atoms with van der Waals surface area (Å²) in [6.07, 6.45) is -0.386. The third-order valence-electron chi connectivity index (χ3n) is 2.68. The minimum Gasteiger partial charge on any atom is -0.323 e. The Kier molecular flexibility index (Phi) is 4.90. The molecular weight excluding hydrogens is 371 g/mol. The van der Waals surface area contributed by atoms with Crippen molar-refractivity contribution in [2.75, 3.05) is 5.32 Å². The van der Waals surface area contributed by atoms with Crippen LogP contribution < -0.4 is 5.32 Å². The van der Waals surface area contributed by atoms with E-state index in [1.807, 2.05) is 0 Å². The molecule has 0 unspecified atom stereocenters. The minimum absolute atomic E-state index is 0.00495. The number of nitrogens with one attached hydrogen (secondary N) is 1. The molecule has 0 bridgehead atoms. The smallest absolute Gasteiger partial charge is 0.229 e. The third kappa shape index (κ3) is 3.77. The molecule has 1 amide bonds. The quantitative estimate of drug-likeness (QED) is 0.771. The molecule has 7 heteroatoms. The summed E-state index contributed by atoms with van der Waals surface area (Å²) in [5.74, 6) is -2.88. The van der Waals surface area contributed by atoms with Crippen LogP contribution in [0.4, 0.5) is 18.9 Å². The summed E-state index contributed by atoms with van der Waals surface area (Å²) in [5.41, 5.74) is -0.331. The van der Waals surface area contributed by atoms with Gasteiger partial charge in [0.1, 0.15) is 17.5 Å². The zero-order chi connectivity index (χ0) is 15.6. The fraction of sp³-hybridized carbons (Fsp3) is 0.0714. The summed E-state index contributed by atoms with van der Waals surface area (Å²) in [4.78, 5) is 11.8. The maximum Gasteiger partial charge on any atom is 0.229 e. The molecular formula is C14H8BrClF3NO. The maximum absolute atomic E-state index is 13.6. The average Bonchev–Trinajstić information content (AvgIpc) is 2.40. The van der Waals surface area contributed by atoms with Gasteiger partial charge in [0.25, 0.3) is 0 Å². The first-order chi connectivity index (χ1) is 9.88. The number of halogens is 5. The molecule has 0 aliphatic heterocycles. The minimum atomic E-state index is -0.809. The van der Waals surface area contributed by atoms with Crippen molar-refractivity contribution in [3.63, 3.8) is 0 Å². The second-order valence-corrected chi connectivity index (χ2v) is 5.43. The van der Waals surface area contributed by atoms with E-state index in [0.717, 1.165) is 18.2 Å². The fourth-order valence-electron chi connectivity index (χ4n) is 1.67. The monoisotopic (exact) mass is 377 g/mol. The van der Waals surface area contributed by atoms with E-state index in [4.69, 9.17) is 11.6 Å². The van der Waals surface area contributed by atoms with Gasteiger partial charge in [-0.2, -0.15) is 0 Å². The Morgan fingerprint density at radius 2 is 1.86 bits per heavy atom. The molecule has 0 aliphatic rings. The Morgan fingerprint density at radius 3 is 2.52 bits per heavy atom. The lowest BCUT2D eigenvalue weighted by molar-refractivity contribution is -0.115. The Labute approximate surface area is 132 Å². The molecule has 2 rings (SSSR count). The zero-order valence-corrected chi connectivity index (χ0v) is 12.7. The number of rotatable bonds is 3. The standard InChI is InChI=1S/C14H8BrClF3NO/c15-8-5-12(19)13(6-11(8)18)20-14(21)4-7-9(16)2-1-3-10(7)17/h1-3,5-6H,4H2,(H,20,21). The molecule has 21 heavy (non-hydrogen) atoms. The van der Waals surface area contributed by atoms with Crippen LogP contribution in [0.15, 0.2) is 34.8 Å². The van der Waals surface area contributed by atoms with Crippen LogP contribution in [0.5, 0.6) is 0 Å². The first-order valence-corrected chi connectivity index (χ1v) is 6.93. The number of amides is 1. The van der Waals surface area contributed by atoms with Crippen LogP contribution in [-0.4, -0.2) is 5.91 Å². The van der Waals surface area contributed by atoms with Crippen molar-refractivity contribution in [2.24, 2.45) is 0 Å². The van der Waals surface area contributed by atoms with Crippen molar-refractivity contribution in [1.29, 1.82) is 0 Å². The lowest BCUT2D eigenvalue weighted by atomic mass is 10.1. The van der Waals surface area contributed by atoms with Crippen LogP contribution in [0.3, 0.4) is 0 Å². The molecule has 0 saturated carbocycles. The average molecular weight is 379 g/mol. The second kappa shape index (κ2) is 6.49. The highest BCUT2D eigenvalue weighted by Crippen LogP contribution is 2.24. The number of carbonyl (C=O) groups excluding carboxylic acids is 1. The third-order valence-corrected chi connectivity index (χ3v) is 3.64. The van der Waals surface area contributed by atoms with Crippen LogP contribution in [0, 0.1) is 17.5 Å². The van der Waals surface area contributed by atoms with Crippen LogP contribution in [0.25, 0.3) is 0 Å². The van der Waals surface area contributed by atoms with Crippen LogP contribution in [-0.2, 0) is 11.2 Å². The SMILES string of the molecule is O=C(Cc1c(F)cccc1Cl)Nc1cc(F)c(Br)cc1F. The fourth-order valence-corrected chi connectivity index (χ4v) is 2.22. The summed E-state index contributed by atoms with van der Waals surface area (Å²) in [5, 5.41) is 2.27. The predicted octanol–water partition coefficient (Wildman–Crippen LogP) is 4.70. The molecule has 0 spiro atoms. The summed E-state index contributed by atoms with van der Waals surface area (Å²) >= 11 is 8.62. The van der Waals surface area contributed by atoms with Gasteiger partial charge < -0.3 is 5.32 Å². The number of benzene rings is 2. The molecule has 2 nitrogen and oxygen atoms in total. The molecule has 0 atom stereocenters. The lowest BCUT2D eigenvalue weighted by Crippen LogP contribution is -2.16. The van der Waals surface area contributed by atoms with E-state index < -0.39 is 23.4 Å². The van der Waals surface area contributed by atoms with Gasteiger partial charge in [-0.15, -0.1) is 0 Å². The largest absolute Gasteiger partial charge is 0.323 e. The highest BCUT2D eigenvalue weighted by molar-refractivity contribution is 9.10. The van der Waals surface area contributed by atoms with E-state index in [9.17, 15) is 18.0 Å². The zero-order valence-electron chi connectivity index (χ0n) is 10.4. The first-order valence-electron chi connectivity index (χ1n) is 5.75. The molecule has 0 saturated heterocycles. The van der Waals surface area contributed by atoms with Gasteiger partial charge in [-0.1, -0.05) is 17.7 Å². The number of anilines is 1. The van der Waals surface area contributed by atoms with E-state index in [-0.39, 0.29) is 27.2 Å². The van der Waals surface area contributed by atoms with Gasteiger partial charge in [-0.3, -0.25) is 4.79 Å². The van der Waals surface area contributed by atoms with Crippen LogP contribution >= 0.6 is 27.5 Å². The molecule has 0 heterocycles. The van der Waals surface area contributed by atoms with Gasteiger partial charge in [-0.05, 0) is 34.1 Å². The maximum atomic E-state index is 13.6. The Morgan fingerprint density at radius 1 is 1.14 bits per heavy atom. The van der Waals surface area contributed by atoms with Gasteiger partial charge in [-0.25, -0.2) is 13.2 Å². The molecule has 0 radical (unpaired) electrons.